The predicted molar refractivity (Wildman–Crippen MR) is 67.0 cm³/mol. The molecule has 1 nitrogen and oxygen atoms in total. The minimum Gasteiger partial charge on any atom is -0.308 e. The van der Waals surface area contributed by atoms with Crippen LogP contribution in [0.25, 0.3) is 0 Å². The molecule has 1 rings (SSSR count). The van der Waals surface area contributed by atoms with Crippen molar-refractivity contribution in [2.45, 2.75) is 52.6 Å². The molecule has 0 aliphatic rings. The molecule has 0 unspecified atom stereocenters. The van der Waals surface area contributed by atoms with Crippen LogP contribution < -0.4 is 5.32 Å². The van der Waals surface area contributed by atoms with Crippen molar-refractivity contribution < 1.29 is 4.39 Å². The second-order valence-electron chi connectivity index (χ2n) is 5.08. The molecule has 0 amide bonds. The van der Waals surface area contributed by atoms with Crippen LogP contribution in [0.5, 0.6) is 0 Å². The number of hydrogen-bond donors (Lipinski definition) is 1. The molecule has 0 bridgehead atoms. The average molecular weight is 223 g/mol. The minimum atomic E-state index is -0.120. The van der Waals surface area contributed by atoms with E-state index in [0.29, 0.717) is 6.54 Å². The Morgan fingerprint density at radius 1 is 1.31 bits per heavy atom. The summed E-state index contributed by atoms with van der Waals surface area (Å²) in [4.78, 5) is 0. The Morgan fingerprint density at radius 2 is 2.00 bits per heavy atom. The van der Waals surface area contributed by atoms with Crippen LogP contribution in [0.2, 0.25) is 0 Å². The molecular weight excluding hydrogens is 201 g/mol. The normalized spacial score (nSPS) is 11.8. The number of halogens is 1. The highest BCUT2D eigenvalue weighted by atomic mass is 19.1. The lowest BCUT2D eigenvalue weighted by molar-refractivity contribution is 0.354. The van der Waals surface area contributed by atoms with E-state index in [9.17, 15) is 4.39 Å². The summed E-state index contributed by atoms with van der Waals surface area (Å²) in [5.74, 6) is -0.120. The van der Waals surface area contributed by atoms with E-state index in [-0.39, 0.29) is 11.4 Å². The highest BCUT2D eigenvalue weighted by Gasteiger charge is 2.15. The number of rotatable bonds is 5. The molecule has 0 fully saturated rings. The average Bonchev–Trinajstić information content (AvgIpc) is 2.19. The maximum Gasteiger partial charge on any atom is 0.127 e. The van der Waals surface area contributed by atoms with Gasteiger partial charge in [0.25, 0.3) is 0 Å². The van der Waals surface area contributed by atoms with Crippen LogP contribution in [0.1, 0.15) is 44.7 Å². The third kappa shape index (κ3) is 3.93. The van der Waals surface area contributed by atoms with Crippen molar-refractivity contribution in [1.82, 2.24) is 5.32 Å². The van der Waals surface area contributed by atoms with Gasteiger partial charge in [-0.2, -0.15) is 0 Å². The van der Waals surface area contributed by atoms with Gasteiger partial charge in [0, 0.05) is 17.6 Å². The van der Waals surface area contributed by atoms with Gasteiger partial charge < -0.3 is 5.32 Å². The molecule has 0 aliphatic heterocycles. The molecule has 0 saturated heterocycles. The van der Waals surface area contributed by atoms with Gasteiger partial charge in [-0.05, 0) is 33.3 Å². The van der Waals surface area contributed by atoms with Crippen LogP contribution in [-0.4, -0.2) is 5.54 Å². The molecule has 0 spiro atoms. The summed E-state index contributed by atoms with van der Waals surface area (Å²) in [6, 6.07) is 5.25. The molecule has 0 aromatic heterocycles. The molecule has 0 radical (unpaired) electrons. The van der Waals surface area contributed by atoms with E-state index in [4.69, 9.17) is 0 Å². The predicted octanol–water partition coefficient (Wildman–Crippen LogP) is 3.80. The van der Waals surface area contributed by atoms with E-state index >= 15 is 0 Å². The molecule has 1 aromatic rings. The zero-order valence-corrected chi connectivity index (χ0v) is 10.7. The smallest absolute Gasteiger partial charge is 0.127 e. The lowest BCUT2D eigenvalue weighted by atomic mass is 9.98. The summed E-state index contributed by atoms with van der Waals surface area (Å²) in [7, 11) is 0. The zero-order valence-electron chi connectivity index (χ0n) is 10.7. The van der Waals surface area contributed by atoms with Crippen molar-refractivity contribution in [2.24, 2.45) is 0 Å². The van der Waals surface area contributed by atoms with Crippen molar-refractivity contribution in [3.63, 3.8) is 0 Å². The fourth-order valence-electron chi connectivity index (χ4n) is 1.89. The molecule has 90 valence electrons. The molecule has 0 atom stereocenters. The van der Waals surface area contributed by atoms with Crippen LogP contribution in [0, 0.1) is 12.7 Å². The number of aryl methyl sites for hydroxylation is 1. The second kappa shape index (κ2) is 5.44. The third-order valence-corrected chi connectivity index (χ3v) is 2.83. The van der Waals surface area contributed by atoms with E-state index in [2.05, 4.69) is 26.1 Å². The first-order valence-corrected chi connectivity index (χ1v) is 5.94. The molecule has 1 N–H and O–H groups in total. The van der Waals surface area contributed by atoms with Gasteiger partial charge in [0.05, 0.1) is 0 Å². The van der Waals surface area contributed by atoms with Crippen molar-refractivity contribution in [3.05, 3.63) is 35.1 Å². The Labute approximate surface area is 98.1 Å². The molecule has 0 heterocycles. The quantitative estimate of drug-likeness (QED) is 0.800. The summed E-state index contributed by atoms with van der Waals surface area (Å²) in [5, 5.41) is 3.40. The van der Waals surface area contributed by atoms with Gasteiger partial charge in [-0.1, -0.05) is 31.0 Å². The summed E-state index contributed by atoms with van der Waals surface area (Å²) in [6.07, 6.45) is 2.23. The zero-order chi connectivity index (χ0) is 12.2. The molecular formula is C14H22FN. The van der Waals surface area contributed by atoms with E-state index in [1.54, 1.807) is 12.1 Å². The van der Waals surface area contributed by atoms with Crippen LogP contribution in [0.15, 0.2) is 18.2 Å². The fourth-order valence-corrected chi connectivity index (χ4v) is 1.89. The first-order valence-electron chi connectivity index (χ1n) is 5.94. The van der Waals surface area contributed by atoms with E-state index in [1.807, 2.05) is 13.0 Å². The number of hydrogen-bond acceptors (Lipinski definition) is 1. The number of nitrogens with one attached hydrogen (secondary N) is 1. The monoisotopic (exact) mass is 223 g/mol. The molecule has 0 aliphatic carbocycles. The van der Waals surface area contributed by atoms with Crippen LogP contribution in [0.4, 0.5) is 4.39 Å². The maximum absolute atomic E-state index is 13.5. The van der Waals surface area contributed by atoms with Crippen molar-refractivity contribution >= 4 is 0 Å². The van der Waals surface area contributed by atoms with E-state index in [0.717, 1.165) is 24.0 Å². The third-order valence-electron chi connectivity index (χ3n) is 2.83. The van der Waals surface area contributed by atoms with Crippen LogP contribution >= 0.6 is 0 Å². The van der Waals surface area contributed by atoms with Crippen molar-refractivity contribution in [2.75, 3.05) is 0 Å². The Morgan fingerprint density at radius 3 is 2.62 bits per heavy atom. The van der Waals surface area contributed by atoms with Gasteiger partial charge in [-0.15, -0.1) is 0 Å². The summed E-state index contributed by atoms with van der Waals surface area (Å²) in [5.41, 5.74) is 1.93. The van der Waals surface area contributed by atoms with Crippen molar-refractivity contribution in [1.29, 1.82) is 0 Å². The van der Waals surface area contributed by atoms with Gasteiger partial charge in [0.2, 0.25) is 0 Å². The van der Waals surface area contributed by atoms with Crippen molar-refractivity contribution in [3.8, 4) is 0 Å². The molecule has 0 saturated carbocycles. The largest absolute Gasteiger partial charge is 0.308 e. The SMILES string of the molecule is CCCC(C)(C)NCc1cc(C)ccc1F. The van der Waals surface area contributed by atoms with Crippen LogP contribution in [-0.2, 0) is 6.54 Å². The van der Waals surface area contributed by atoms with Gasteiger partial charge in [0.1, 0.15) is 5.82 Å². The maximum atomic E-state index is 13.5. The molecule has 2 heteroatoms. The summed E-state index contributed by atoms with van der Waals surface area (Å²) in [6.45, 7) is 9.06. The molecule has 1 aromatic carbocycles. The Kier molecular flexibility index (Phi) is 4.48. The van der Waals surface area contributed by atoms with Gasteiger partial charge >= 0.3 is 0 Å². The topological polar surface area (TPSA) is 12.0 Å². The highest BCUT2D eigenvalue weighted by molar-refractivity contribution is 5.24. The highest BCUT2D eigenvalue weighted by Crippen LogP contribution is 2.14. The summed E-state index contributed by atoms with van der Waals surface area (Å²) < 4.78 is 13.5. The minimum absolute atomic E-state index is 0.0743. The summed E-state index contributed by atoms with van der Waals surface area (Å²) >= 11 is 0. The van der Waals surface area contributed by atoms with E-state index < -0.39 is 0 Å². The Bertz CT molecular complexity index is 345. The lowest BCUT2D eigenvalue weighted by Crippen LogP contribution is -2.38. The fraction of sp³-hybridized carbons (Fsp3) is 0.571. The van der Waals surface area contributed by atoms with Gasteiger partial charge in [-0.25, -0.2) is 4.39 Å². The Hall–Kier alpha value is -0.890. The Balaban J connectivity index is 2.63. The van der Waals surface area contributed by atoms with Crippen LogP contribution in [0.3, 0.4) is 0 Å². The number of benzene rings is 1. The standard InChI is InChI=1S/C14H22FN/c1-5-8-14(3,4)16-10-12-9-11(2)6-7-13(12)15/h6-7,9,16H,5,8,10H2,1-4H3. The molecule has 16 heavy (non-hydrogen) atoms. The first-order chi connectivity index (χ1) is 7.44. The first kappa shape index (κ1) is 13.2. The van der Waals surface area contributed by atoms with E-state index in [1.165, 1.54) is 0 Å². The lowest BCUT2D eigenvalue weighted by Gasteiger charge is -2.26. The second-order valence-corrected chi connectivity index (χ2v) is 5.08. The van der Waals surface area contributed by atoms with Gasteiger partial charge in [0.15, 0.2) is 0 Å². The van der Waals surface area contributed by atoms with Gasteiger partial charge in [-0.3, -0.25) is 0 Å².